The molecule has 1 fully saturated rings. The minimum atomic E-state index is 0.333. The van der Waals surface area contributed by atoms with E-state index in [0.717, 1.165) is 31.9 Å². The lowest BCUT2D eigenvalue weighted by Crippen LogP contribution is -2.45. The highest BCUT2D eigenvalue weighted by Gasteiger charge is 2.17. The molecule has 0 atom stereocenters. The highest BCUT2D eigenvalue weighted by Crippen LogP contribution is 2.18. The lowest BCUT2D eigenvalue weighted by atomic mass is 10.3. The molecule has 20 heavy (non-hydrogen) atoms. The second-order valence-electron chi connectivity index (χ2n) is 4.77. The van der Waals surface area contributed by atoms with Crippen LogP contribution in [0.15, 0.2) is 36.7 Å². The number of benzene rings is 1. The minimum absolute atomic E-state index is 0.333. The van der Waals surface area contributed by atoms with Gasteiger partial charge in [-0.2, -0.15) is 9.97 Å². The Morgan fingerprint density at radius 1 is 1.00 bits per heavy atom. The number of piperazine rings is 1. The van der Waals surface area contributed by atoms with Crippen molar-refractivity contribution in [3.8, 4) is 11.8 Å². The number of hydrogen-bond donors (Lipinski definition) is 0. The third-order valence-corrected chi connectivity index (χ3v) is 3.28. The van der Waals surface area contributed by atoms with Gasteiger partial charge in [0.1, 0.15) is 12.1 Å². The summed E-state index contributed by atoms with van der Waals surface area (Å²) in [6.07, 6.45) is 1.50. The van der Waals surface area contributed by atoms with Gasteiger partial charge in [-0.15, -0.1) is 0 Å². The van der Waals surface area contributed by atoms with Crippen molar-refractivity contribution in [3.05, 3.63) is 36.7 Å². The van der Waals surface area contributed by atoms with E-state index in [1.807, 2.05) is 30.3 Å². The molecule has 0 amide bonds. The molecule has 0 bridgehead atoms. The summed E-state index contributed by atoms with van der Waals surface area (Å²) in [7, 11) is 2.12. The molecular weight excluding hydrogens is 254 g/mol. The Balaban J connectivity index is 1.73. The van der Waals surface area contributed by atoms with E-state index in [1.165, 1.54) is 6.33 Å². The predicted octanol–water partition coefficient (Wildman–Crippen LogP) is 1.42. The molecule has 1 aliphatic heterocycles. The summed E-state index contributed by atoms with van der Waals surface area (Å²) < 4.78 is 5.63. The van der Waals surface area contributed by atoms with E-state index in [0.29, 0.717) is 12.0 Å². The Morgan fingerprint density at radius 2 is 1.75 bits per heavy atom. The topological polar surface area (TPSA) is 54.4 Å². The van der Waals surface area contributed by atoms with Crippen molar-refractivity contribution in [1.29, 1.82) is 0 Å². The number of aromatic nitrogens is 3. The summed E-state index contributed by atoms with van der Waals surface area (Å²) in [6.45, 7) is 3.87. The van der Waals surface area contributed by atoms with Gasteiger partial charge >= 0.3 is 6.01 Å². The first kappa shape index (κ1) is 12.8. The molecule has 1 aromatic heterocycles. The van der Waals surface area contributed by atoms with Crippen LogP contribution in [0.3, 0.4) is 0 Å². The fourth-order valence-corrected chi connectivity index (χ4v) is 2.08. The number of hydrogen-bond acceptors (Lipinski definition) is 6. The van der Waals surface area contributed by atoms with Crippen LogP contribution in [0.5, 0.6) is 11.8 Å². The Morgan fingerprint density at radius 3 is 2.50 bits per heavy atom. The largest absolute Gasteiger partial charge is 0.424 e. The molecule has 0 radical (unpaired) electrons. The second-order valence-corrected chi connectivity index (χ2v) is 4.77. The van der Waals surface area contributed by atoms with Gasteiger partial charge in [-0.3, -0.25) is 0 Å². The zero-order valence-corrected chi connectivity index (χ0v) is 11.4. The summed E-state index contributed by atoms with van der Waals surface area (Å²) in [5.41, 5.74) is 0. The zero-order chi connectivity index (χ0) is 13.8. The number of likely N-dealkylation sites (N-methyl/N-ethyl adjacent to an activating group) is 1. The minimum Gasteiger partial charge on any atom is -0.424 e. The average Bonchev–Trinajstić information content (AvgIpc) is 2.49. The highest BCUT2D eigenvalue weighted by atomic mass is 16.5. The van der Waals surface area contributed by atoms with Gasteiger partial charge in [0.15, 0.2) is 0 Å². The van der Waals surface area contributed by atoms with Crippen LogP contribution < -0.4 is 9.64 Å². The first-order chi connectivity index (χ1) is 9.81. The molecule has 1 saturated heterocycles. The van der Waals surface area contributed by atoms with Crippen molar-refractivity contribution < 1.29 is 4.74 Å². The van der Waals surface area contributed by atoms with Crippen molar-refractivity contribution >= 4 is 5.95 Å². The SMILES string of the molecule is CN1CCN(c2ncnc(Oc3ccccc3)n2)CC1. The standard InChI is InChI=1S/C14H17N5O/c1-18-7-9-19(10-8-18)13-15-11-16-14(17-13)20-12-5-3-2-4-6-12/h2-6,11H,7-10H2,1H3. The molecule has 1 aliphatic rings. The molecule has 0 N–H and O–H groups in total. The molecule has 2 aromatic rings. The Bertz CT molecular complexity index is 555. The van der Waals surface area contributed by atoms with Crippen LogP contribution in [0.25, 0.3) is 0 Å². The molecule has 2 heterocycles. The quantitative estimate of drug-likeness (QED) is 0.841. The van der Waals surface area contributed by atoms with Crippen molar-refractivity contribution in [1.82, 2.24) is 19.9 Å². The summed E-state index contributed by atoms with van der Waals surface area (Å²) in [5, 5.41) is 0. The Hall–Kier alpha value is -2.21. The van der Waals surface area contributed by atoms with Crippen LogP contribution in [-0.4, -0.2) is 53.1 Å². The molecule has 0 saturated carbocycles. The smallest absolute Gasteiger partial charge is 0.326 e. The van der Waals surface area contributed by atoms with Crippen LogP contribution >= 0.6 is 0 Å². The number of para-hydroxylation sites is 1. The molecule has 0 spiro atoms. The van der Waals surface area contributed by atoms with Crippen molar-refractivity contribution in [3.63, 3.8) is 0 Å². The van der Waals surface area contributed by atoms with Crippen LogP contribution in [-0.2, 0) is 0 Å². The van der Waals surface area contributed by atoms with E-state index in [9.17, 15) is 0 Å². The molecular formula is C14H17N5O. The number of nitrogens with zero attached hydrogens (tertiary/aromatic N) is 5. The first-order valence-corrected chi connectivity index (χ1v) is 6.67. The monoisotopic (exact) mass is 271 g/mol. The van der Waals surface area contributed by atoms with Gasteiger partial charge in [-0.25, -0.2) is 4.98 Å². The van der Waals surface area contributed by atoms with E-state index < -0.39 is 0 Å². The van der Waals surface area contributed by atoms with Gasteiger partial charge in [0, 0.05) is 26.2 Å². The fraction of sp³-hybridized carbons (Fsp3) is 0.357. The lowest BCUT2D eigenvalue weighted by Gasteiger charge is -2.32. The normalized spacial score (nSPS) is 16.1. The van der Waals surface area contributed by atoms with E-state index in [1.54, 1.807) is 0 Å². The molecule has 6 nitrogen and oxygen atoms in total. The van der Waals surface area contributed by atoms with E-state index in [-0.39, 0.29) is 0 Å². The predicted molar refractivity (Wildman–Crippen MR) is 76.1 cm³/mol. The molecule has 104 valence electrons. The molecule has 0 aliphatic carbocycles. The van der Waals surface area contributed by atoms with Gasteiger partial charge in [0.25, 0.3) is 0 Å². The number of anilines is 1. The molecule has 1 aromatic carbocycles. The average molecular weight is 271 g/mol. The maximum Gasteiger partial charge on any atom is 0.326 e. The van der Waals surface area contributed by atoms with Crippen LogP contribution in [0.1, 0.15) is 0 Å². The van der Waals surface area contributed by atoms with Crippen LogP contribution in [0.2, 0.25) is 0 Å². The number of ether oxygens (including phenoxy) is 1. The fourth-order valence-electron chi connectivity index (χ4n) is 2.08. The van der Waals surface area contributed by atoms with Crippen LogP contribution in [0, 0.1) is 0 Å². The summed E-state index contributed by atoms with van der Waals surface area (Å²) in [6, 6.07) is 9.85. The lowest BCUT2D eigenvalue weighted by molar-refractivity contribution is 0.310. The first-order valence-electron chi connectivity index (χ1n) is 6.67. The van der Waals surface area contributed by atoms with Gasteiger partial charge in [-0.1, -0.05) is 18.2 Å². The van der Waals surface area contributed by atoms with E-state index >= 15 is 0 Å². The third-order valence-electron chi connectivity index (χ3n) is 3.28. The van der Waals surface area contributed by atoms with Crippen molar-refractivity contribution in [2.45, 2.75) is 0 Å². The van der Waals surface area contributed by atoms with Crippen molar-refractivity contribution in [2.75, 3.05) is 38.1 Å². The number of rotatable bonds is 3. The van der Waals surface area contributed by atoms with Gasteiger partial charge in [-0.05, 0) is 19.2 Å². The van der Waals surface area contributed by atoms with Gasteiger partial charge in [0.05, 0.1) is 0 Å². The van der Waals surface area contributed by atoms with E-state index in [2.05, 4.69) is 31.8 Å². The maximum atomic E-state index is 5.63. The Kier molecular flexibility index (Phi) is 3.73. The highest BCUT2D eigenvalue weighted by molar-refractivity contribution is 5.32. The van der Waals surface area contributed by atoms with Gasteiger partial charge in [0.2, 0.25) is 5.95 Å². The Labute approximate surface area is 118 Å². The molecule has 0 unspecified atom stereocenters. The van der Waals surface area contributed by atoms with E-state index in [4.69, 9.17) is 4.74 Å². The summed E-state index contributed by atoms with van der Waals surface area (Å²) in [5.74, 6) is 1.40. The second kappa shape index (κ2) is 5.83. The summed E-state index contributed by atoms with van der Waals surface area (Å²) >= 11 is 0. The summed E-state index contributed by atoms with van der Waals surface area (Å²) in [4.78, 5) is 17.1. The molecule has 3 rings (SSSR count). The third kappa shape index (κ3) is 3.03. The molecule has 6 heteroatoms. The zero-order valence-electron chi connectivity index (χ0n) is 11.4. The van der Waals surface area contributed by atoms with Crippen molar-refractivity contribution in [2.24, 2.45) is 0 Å². The van der Waals surface area contributed by atoms with Gasteiger partial charge < -0.3 is 14.5 Å². The maximum absolute atomic E-state index is 5.63. The van der Waals surface area contributed by atoms with Crippen LogP contribution in [0.4, 0.5) is 5.95 Å².